The third-order valence-corrected chi connectivity index (χ3v) is 17.5. The topological polar surface area (TPSA) is 326 Å². The Morgan fingerprint density at radius 3 is 1.38 bits per heavy atom. The Hall–Kier alpha value is -7.03. The van der Waals surface area contributed by atoms with Gasteiger partial charge in [-0.05, 0) is 108 Å². The molecule has 538 valence electrons. The van der Waals surface area contributed by atoms with Crippen molar-refractivity contribution in [1.29, 1.82) is 0 Å². The van der Waals surface area contributed by atoms with Crippen molar-refractivity contribution in [3.63, 3.8) is 0 Å². The highest BCUT2D eigenvalue weighted by Crippen LogP contribution is 2.25. The number of amides is 11. The highest BCUT2D eigenvalue weighted by molar-refractivity contribution is 6.00. The van der Waals surface area contributed by atoms with Gasteiger partial charge in [0.1, 0.15) is 66.5 Å². The molecule has 26 heteroatoms. The van der Waals surface area contributed by atoms with Crippen molar-refractivity contribution in [1.82, 2.24) is 56.0 Å². The molecule has 15 atom stereocenters. The number of carbonyl (C=O) groups is 11. The molecule has 7 N–H and O–H groups in total. The van der Waals surface area contributed by atoms with Crippen LogP contribution < -0.4 is 26.6 Å². The molecule has 1 fully saturated rings. The number of aliphatic hydroxyl groups excluding tert-OH is 2. The van der Waals surface area contributed by atoms with Gasteiger partial charge >= 0.3 is 0 Å². The molecule has 1 aliphatic rings. The van der Waals surface area contributed by atoms with Gasteiger partial charge in [0, 0.05) is 49.4 Å². The molecule has 0 bridgehead atoms. The van der Waals surface area contributed by atoms with E-state index in [9.17, 15) is 39.0 Å². The van der Waals surface area contributed by atoms with E-state index in [4.69, 9.17) is 9.47 Å². The number of rotatable bonds is 20. The van der Waals surface area contributed by atoms with Gasteiger partial charge in [0.15, 0.2) is 0 Å². The van der Waals surface area contributed by atoms with Crippen molar-refractivity contribution in [2.45, 2.75) is 234 Å². The van der Waals surface area contributed by atoms with Gasteiger partial charge in [-0.1, -0.05) is 119 Å². The van der Waals surface area contributed by atoms with Crippen LogP contribution in [-0.2, 0) is 68.8 Å². The lowest BCUT2D eigenvalue weighted by molar-refractivity contribution is -0.157. The van der Waals surface area contributed by atoms with Gasteiger partial charge in [0.2, 0.25) is 65.0 Å². The summed E-state index contributed by atoms with van der Waals surface area (Å²) in [6, 6.07) is -6.71. The Kier molecular flexibility index (Phi) is 34.7. The van der Waals surface area contributed by atoms with Crippen LogP contribution in [0.2, 0.25) is 0 Å². The third kappa shape index (κ3) is 24.2. The summed E-state index contributed by atoms with van der Waals surface area (Å²) in [5.74, 6) is -11.1. The maximum absolute atomic E-state index is 15.3. The lowest BCUT2D eigenvalue weighted by atomic mass is 9.91. The largest absolute Gasteiger partial charge is 0.391 e. The zero-order chi connectivity index (χ0) is 72.8. The number of ether oxygens (including phenoxy) is 2. The lowest BCUT2D eigenvalue weighted by Crippen LogP contribution is -2.65. The molecule has 1 unspecified atom stereocenters. The average molecular weight is 1340 g/mol. The van der Waals surface area contributed by atoms with Crippen LogP contribution in [0.25, 0.3) is 0 Å². The number of nitrogens with zero attached hydrogens (tertiary/aromatic N) is 6. The Morgan fingerprint density at radius 2 is 0.905 bits per heavy atom. The van der Waals surface area contributed by atoms with Crippen LogP contribution in [0.15, 0.2) is 42.5 Å². The number of nitrogens with one attached hydrogen (secondary N) is 5. The fourth-order valence-corrected chi connectivity index (χ4v) is 11.7. The maximum Gasteiger partial charge on any atom is 0.248 e. The minimum absolute atomic E-state index is 0.0488. The standard InChI is InChI=1S/C69H117N11O15/c1-24-25-29-43(12)58(82)57-63(87)74-54(46(15)81)68(92)77(19)53(37-95-36-48-30-27-26-28-31-48)67(91)79(21)56(47(16)94-23)62(86)73-49(32-38(2)3)65(89)76(18)51(34-40(6)7)60(84)70-44(13)59(83)71-45(14)64(88)75(17)52(35-41(8)9)61(85)72-50(33-39(4)5)66(90)78(20)55(42(10)11)69(93)80(57)22/h24-28,30-31,38-47,49-58,81-82H,29,32-37H2,1-23H3,(H,70,84)(H,71,83)(H,72,85)(H,73,86)(H,74,87)/b25-24+/t43-,44+,45-,46-,47?,49+,50+,51+,52+,53-,54+,55+,56+,57+,58-/m1/s1. The predicted molar refractivity (Wildman–Crippen MR) is 362 cm³/mol. The molecular weight excluding hydrogens is 1220 g/mol. The third-order valence-electron chi connectivity index (χ3n) is 17.5. The molecule has 0 aromatic heterocycles. The Morgan fingerprint density at radius 1 is 0.474 bits per heavy atom. The van der Waals surface area contributed by atoms with Crippen molar-refractivity contribution in [3.8, 4) is 0 Å². The first-order valence-corrected chi connectivity index (χ1v) is 33.4. The van der Waals surface area contributed by atoms with E-state index in [1.54, 1.807) is 70.2 Å². The van der Waals surface area contributed by atoms with Gasteiger partial charge in [-0.2, -0.15) is 0 Å². The number of hydrogen-bond acceptors (Lipinski definition) is 15. The number of methoxy groups -OCH3 is 1. The number of likely N-dealkylation sites (N-methyl/N-ethyl adjacent to an activating group) is 6. The summed E-state index contributed by atoms with van der Waals surface area (Å²) in [4.78, 5) is 170. The molecule has 0 radical (unpaired) electrons. The minimum atomic E-state index is -1.87. The summed E-state index contributed by atoms with van der Waals surface area (Å²) in [5.41, 5.74) is 0.703. The van der Waals surface area contributed by atoms with Crippen LogP contribution in [0, 0.1) is 35.5 Å². The highest BCUT2D eigenvalue weighted by atomic mass is 16.5. The van der Waals surface area contributed by atoms with E-state index in [1.807, 2.05) is 55.4 Å². The number of aliphatic hydroxyl groups is 2. The fourth-order valence-electron chi connectivity index (χ4n) is 11.7. The van der Waals surface area contributed by atoms with Gasteiger partial charge in [-0.15, -0.1) is 0 Å². The minimum Gasteiger partial charge on any atom is -0.391 e. The SMILES string of the molecule is C/C=C/C[C@@H](C)[C@@H](O)[C@H]1C(=O)N[C@@H]([C@@H](C)O)C(=O)N(C)[C@H](COCc2ccccc2)C(=O)N(C)[C@@H](C(C)OC)C(=O)N[C@@H](CC(C)C)C(=O)N(C)[C@@H](CC(C)C)C(=O)N[C@@H](C)C(=O)N[C@H](C)C(=O)N(C)[C@@H](CC(C)C)C(=O)N[C@@H](CC(C)C)C(=O)N(C)[C@@H](C(C)C)C(=O)N1C. The van der Waals surface area contributed by atoms with E-state index in [0.29, 0.717) is 5.56 Å². The van der Waals surface area contributed by atoms with Crippen LogP contribution in [0.4, 0.5) is 0 Å². The van der Waals surface area contributed by atoms with Gasteiger partial charge in [0.05, 0.1) is 31.5 Å². The van der Waals surface area contributed by atoms with Crippen LogP contribution in [-0.4, -0.2) is 245 Å². The number of benzene rings is 1. The molecule has 26 nitrogen and oxygen atoms in total. The van der Waals surface area contributed by atoms with E-state index < -0.39 is 168 Å². The van der Waals surface area contributed by atoms with Crippen molar-refractivity contribution >= 4 is 65.0 Å². The van der Waals surface area contributed by atoms with Crippen LogP contribution in [0.5, 0.6) is 0 Å². The Labute approximate surface area is 565 Å². The molecule has 11 amide bonds. The molecule has 2 rings (SSSR count). The first kappa shape index (κ1) is 84.1. The summed E-state index contributed by atoms with van der Waals surface area (Å²) in [7, 11) is 9.33. The molecule has 1 saturated heterocycles. The number of hydrogen-bond donors (Lipinski definition) is 7. The van der Waals surface area contributed by atoms with E-state index in [-0.39, 0.29) is 62.4 Å². The molecule has 0 aliphatic carbocycles. The smallest absolute Gasteiger partial charge is 0.248 e. The van der Waals surface area contributed by atoms with Crippen molar-refractivity contribution in [3.05, 3.63) is 48.0 Å². The number of carbonyl (C=O) groups excluding carboxylic acids is 11. The average Bonchev–Trinajstić information content (AvgIpc) is 0.821. The highest BCUT2D eigenvalue weighted by Gasteiger charge is 2.47. The van der Waals surface area contributed by atoms with Gasteiger partial charge in [-0.3, -0.25) is 52.7 Å². The summed E-state index contributed by atoms with van der Waals surface area (Å²) < 4.78 is 11.9. The van der Waals surface area contributed by atoms with Gasteiger partial charge in [0.25, 0.3) is 0 Å². The first-order valence-electron chi connectivity index (χ1n) is 33.4. The predicted octanol–water partition coefficient (Wildman–Crippen LogP) is 2.86. The Balaban J connectivity index is 3.14. The quantitative estimate of drug-likeness (QED) is 0.0924. The molecule has 0 spiro atoms. The Bertz CT molecular complexity index is 2750. The zero-order valence-electron chi connectivity index (χ0n) is 60.9. The number of allylic oxidation sites excluding steroid dienone is 2. The van der Waals surface area contributed by atoms with Crippen LogP contribution >= 0.6 is 0 Å². The summed E-state index contributed by atoms with van der Waals surface area (Å²) in [6.07, 6.45) is -0.351. The normalized spacial score (nSPS) is 26.6. The fraction of sp³-hybridized carbons (Fsp3) is 0.725. The molecule has 1 aromatic rings. The molecule has 1 heterocycles. The van der Waals surface area contributed by atoms with Crippen LogP contribution in [0.3, 0.4) is 0 Å². The zero-order valence-corrected chi connectivity index (χ0v) is 60.9. The summed E-state index contributed by atoms with van der Waals surface area (Å²) in [5, 5.41) is 37.5. The summed E-state index contributed by atoms with van der Waals surface area (Å²) in [6.45, 7) is 26.5. The second-order valence-electron chi connectivity index (χ2n) is 27.9. The van der Waals surface area contributed by atoms with E-state index >= 15 is 24.0 Å². The van der Waals surface area contributed by atoms with Crippen molar-refractivity contribution in [2.75, 3.05) is 56.0 Å². The molecule has 95 heavy (non-hydrogen) atoms. The van der Waals surface area contributed by atoms with Gasteiger partial charge in [-0.25, -0.2) is 0 Å². The molecule has 1 aliphatic heterocycles. The molecule has 0 saturated carbocycles. The second-order valence-corrected chi connectivity index (χ2v) is 27.9. The van der Waals surface area contributed by atoms with E-state index in [1.165, 1.54) is 91.8 Å². The summed E-state index contributed by atoms with van der Waals surface area (Å²) >= 11 is 0. The lowest BCUT2D eigenvalue weighted by Gasteiger charge is -2.40. The maximum atomic E-state index is 15.3. The molecular formula is C69H117N11O15. The van der Waals surface area contributed by atoms with E-state index in [0.717, 1.165) is 14.7 Å². The van der Waals surface area contributed by atoms with Crippen molar-refractivity contribution in [2.24, 2.45) is 35.5 Å². The second kappa shape index (κ2) is 39.3. The first-order chi connectivity index (χ1) is 44.2. The molecule has 1 aromatic carbocycles. The van der Waals surface area contributed by atoms with Crippen LogP contribution in [0.1, 0.15) is 148 Å². The monoisotopic (exact) mass is 1340 g/mol. The van der Waals surface area contributed by atoms with Crippen molar-refractivity contribution < 1.29 is 72.4 Å². The van der Waals surface area contributed by atoms with Gasteiger partial charge < -0.3 is 75.7 Å². The van der Waals surface area contributed by atoms with E-state index in [2.05, 4.69) is 26.6 Å².